The monoisotopic (exact) mass is 412 g/mol. The summed E-state index contributed by atoms with van der Waals surface area (Å²) in [4.78, 5) is 38.8. The fourth-order valence-corrected chi connectivity index (χ4v) is 3.88. The van der Waals surface area contributed by atoms with E-state index in [1.54, 1.807) is 30.3 Å². The van der Waals surface area contributed by atoms with Crippen molar-refractivity contribution in [3.05, 3.63) is 58.6 Å². The lowest BCUT2D eigenvalue weighted by atomic mass is 9.88. The van der Waals surface area contributed by atoms with Crippen LogP contribution in [0.4, 0.5) is 5.69 Å². The van der Waals surface area contributed by atoms with Gasteiger partial charge in [-0.05, 0) is 48.7 Å². The van der Waals surface area contributed by atoms with Crippen LogP contribution in [-0.2, 0) is 16.0 Å². The van der Waals surface area contributed by atoms with Crippen LogP contribution in [0.3, 0.4) is 0 Å². The Kier molecular flexibility index (Phi) is 5.53. The number of hydrogen-bond acceptors (Lipinski definition) is 4. The molecule has 2 heterocycles. The summed E-state index contributed by atoms with van der Waals surface area (Å²) in [5, 5.41) is 3.38. The molecular weight excluding hydrogens is 392 g/mol. The summed E-state index contributed by atoms with van der Waals surface area (Å²) in [5.41, 5.74) is 2.01. The third kappa shape index (κ3) is 4.43. The number of rotatable bonds is 4. The Balaban J connectivity index is 1.35. The lowest BCUT2D eigenvalue weighted by Crippen LogP contribution is -2.41. The van der Waals surface area contributed by atoms with Crippen LogP contribution in [0.2, 0.25) is 5.02 Å². The number of carbonyl (C=O) groups is 3. The molecule has 2 aliphatic heterocycles. The Labute approximate surface area is 173 Å². The Morgan fingerprint density at radius 2 is 1.83 bits per heavy atom. The number of hydrogen-bond donors (Lipinski definition) is 1. The SMILES string of the molecule is O=C1COc2ccc(C(=O)C3CCN(C(=O)Cc4ccc(Cl)cc4)CC3)cc2N1. The number of halogens is 1. The first kappa shape index (κ1) is 19.5. The van der Waals surface area contributed by atoms with Gasteiger partial charge in [-0.1, -0.05) is 23.7 Å². The van der Waals surface area contributed by atoms with Crippen LogP contribution in [-0.4, -0.2) is 42.2 Å². The van der Waals surface area contributed by atoms with Crippen LogP contribution in [0.1, 0.15) is 28.8 Å². The van der Waals surface area contributed by atoms with Gasteiger partial charge in [-0.25, -0.2) is 0 Å². The van der Waals surface area contributed by atoms with Crippen molar-refractivity contribution in [3.63, 3.8) is 0 Å². The third-order valence-corrected chi connectivity index (χ3v) is 5.64. The van der Waals surface area contributed by atoms with Crippen molar-refractivity contribution in [1.82, 2.24) is 4.90 Å². The molecule has 1 N–H and O–H groups in total. The van der Waals surface area contributed by atoms with Crippen LogP contribution in [0.25, 0.3) is 0 Å². The summed E-state index contributed by atoms with van der Waals surface area (Å²) >= 11 is 5.88. The van der Waals surface area contributed by atoms with E-state index in [0.29, 0.717) is 54.4 Å². The zero-order valence-electron chi connectivity index (χ0n) is 15.8. The number of piperidine rings is 1. The quantitative estimate of drug-likeness (QED) is 0.781. The van der Waals surface area contributed by atoms with Gasteiger partial charge in [0.15, 0.2) is 12.4 Å². The molecule has 4 rings (SSSR count). The second-order valence-corrected chi connectivity index (χ2v) is 7.81. The van der Waals surface area contributed by atoms with Crippen LogP contribution in [0.15, 0.2) is 42.5 Å². The van der Waals surface area contributed by atoms with Gasteiger partial charge in [0.1, 0.15) is 5.75 Å². The molecule has 2 aliphatic rings. The number of nitrogens with zero attached hydrogens (tertiary/aromatic N) is 1. The summed E-state index contributed by atoms with van der Waals surface area (Å²) in [5.74, 6) is 0.315. The number of nitrogens with one attached hydrogen (secondary N) is 1. The molecular formula is C22H21ClN2O4. The summed E-state index contributed by atoms with van der Waals surface area (Å²) in [6, 6.07) is 12.4. The number of ether oxygens (including phenoxy) is 1. The number of benzene rings is 2. The largest absolute Gasteiger partial charge is 0.482 e. The van der Waals surface area contributed by atoms with Crippen LogP contribution >= 0.6 is 11.6 Å². The van der Waals surface area contributed by atoms with E-state index in [9.17, 15) is 14.4 Å². The normalized spacial score (nSPS) is 16.6. The first-order valence-electron chi connectivity index (χ1n) is 9.63. The molecule has 0 aromatic heterocycles. The molecule has 0 aliphatic carbocycles. The number of amides is 2. The zero-order chi connectivity index (χ0) is 20.4. The number of anilines is 1. The highest BCUT2D eigenvalue weighted by Crippen LogP contribution is 2.31. The number of carbonyl (C=O) groups excluding carboxylic acids is 3. The molecule has 2 aromatic rings. The maximum atomic E-state index is 12.9. The Bertz CT molecular complexity index is 950. The molecule has 0 unspecified atom stereocenters. The van der Waals surface area contributed by atoms with E-state index in [2.05, 4.69) is 5.32 Å². The van der Waals surface area contributed by atoms with Crippen LogP contribution in [0.5, 0.6) is 5.75 Å². The number of fused-ring (bicyclic) bond motifs is 1. The van der Waals surface area contributed by atoms with Gasteiger partial charge in [-0.3, -0.25) is 14.4 Å². The van der Waals surface area contributed by atoms with Gasteiger partial charge in [-0.15, -0.1) is 0 Å². The highest BCUT2D eigenvalue weighted by molar-refractivity contribution is 6.30. The maximum absolute atomic E-state index is 12.9. The van der Waals surface area contributed by atoms with Gasteiger partial charge in [0.25, 0.3) is 5.91 Å². The van der Waals surface area contributed by atoms with Gasteiger partial charge in [0, 0.05) is 29.6 Å². The lowest BCUT2D eigenvalue weighted by molar-refractivity contribution is -0.131. The molecule has 0 saturated carbocycles. The Morgan fingerprint density at radius 1 is 1.10 bits per heavy atom. The maximum Gasteiger partial charge on any atom is 0.262 e. The van der Waals surface area contributed by atoms with Gasteiger partial charge in [0.05, 0.1) is 12.1 Å². The van der Waals surface area contributed by atoms with Crippen molar-refractivity contribution in [3.8, 4) is 5.75 Å². The van der Waals surface area contributed by atoms with Gasteiger partial charge in [0.2, 0.25) is 5.91 Å². The fraction of sp³-hybridized carbons (Fsp3) is 0.318. The van der Waals surface area contributed by atoms with Gasteiger partial charge >= 0.3 is 0 Å². The van der Waals surface area contributed by atoms with E-state index >= 15 is 0 Å². The highest BCUT2D eigenvalue weighted by atomic mass is 35.5. The van der Waals surface area contributed by atoms with Gasteiger partial charge < -0.3 is 15.0 Å². The zero-order valence-corrected chi connectivity index (χ0v) is 16.6. The standard InChI is InChI=1S/C22H21ClN2O4/c23-17-4-1-14(2-5-17)11-21(27)25-9-7-15(8-10-25)22(28)16-3-6-19-18(12-16)24-20(26)13-29-19/h1-6,12,15H,7-11,13H2,(H,24,26). The minimum Gasteiger partial charge on any atom is -0.482 e. The first-order valence-corrected chi connectivity index (χ1v) is 10.0. The molecule has 0 atom stereocenters. The predicted molar refractivity (Wildman–Crippen MR) is 109 cm³/mol. The van der Waals surface area contributed by atoms with E-state index in [0.717, 1.165) is 5.56 Å². The number of likely N-dealkylation sites (tertiary alicyclic amines) is 1. The summed E-state index contributed by atoms with van der Waals surface area (Å²) < 4.78 is 5.34. The van der Waals surface area contributed by atoms with Crippen molar-refractivity contribution in [1.29, 1.82) is 0 Å². The molecule has 6 nitrogen and oxygen atoms in total. The highest BCUT2D eigenvalue weighted by Gasteiger charge is 2.29. The Morgan fingerprint density at radius 3 is 2.55 bits per heavy atom. The van der Waals surface area contributed by atoms with Crippen molar-refractivity contribution in [2.45, 2.75) is 19.3 Å². The second-order valence-electron chi connectivity index (χ2n) is 7.37. The molecule has 29 heavy (non-hydrogen) atoms. The van der Waals surface area contributed by atoms with Crippen molar-refractivity contribution >= 4 is 34.9 Å². The summed E-state index contributed by atoms with van der Waals surface area (Å²) in [6.45, 7) is 1.12. The van der Waals surface area contributed by atoms with E-state index in [1.165, 1.54) is 0 Å². The van der Waals surface area contributed by atoms with Crippen LogP contribution < -0.4 is 10.1 Å². The molecule has 2 aromatic carbocycles. The second kappa shape index (κ2) is 8.25. The average Bonchev–Trinajstić information content (AvgIpc) is 2.74. The molecule has 1 fully saturated rings. The molecule has 0 radical (unpaired) electrons. The van der Waals surface area contributed by atoms with Crippen LogP contribution in [0, 0.1) is 5.92 Å². The van der Waals surface area contributed by atoms with E-state index in [1.807, 2.05) is 17.0 Å². The molecule has 0 bridgehead atoms. The van der Waals surface area contributed by atoms with E-state index < -0.39 is 0 Å². The number of ketones is 1. The number of Topliss-reactive ketones (excluding diaryl/α,β-unsaturated/α-hetero) is 1. The minimum absolute atomic E-state index is 0.0111. The van der Waals surface area contributed by atoms with E-state index in [-0.39, 0.29) is 30.1 Å². The molecule has 7 heteroatoms. The topological polar surface area (TPSA) is 75.7 Å². The van der Waals surface area contributed by atoms with E-state index in [4.69, 9.17) is 16.3 Å². The summed E-state index contributed by atoms with van der Waals surface area (Å²) in [6.07, 6.45) is 1.59. The van der Waals surface area contributed by atoms with Crippen molar-refractivity contribution < 1.29 is 19.1 Å². The third-order valence-electron chi connectivity index (χ3n) is 5.38. The molecule has 0 spiro atoms. The fourth-order valence-electron chi connectivity index (χ4n) is 3.75. The smallest absolute Gasteiger partial charge is 0.262 e. The Hall–Kier alpha value is -2.86. The molecule has 1 saturated heterocycles. The molecule has 150 valence electrons. The minimum atomic E-state index is -0.227. The molecule has 2 amide bonds. The van der Waals surface area contributed by atoms with Crippen molar-refractivity contribution in [2.75, 3.05) is 25.0 Å². The first-order chi connectivity index (χ1) is 14.0. The van der Waals surface area contributed by atoms with Gasteiger partial charge in [-0.2, -0.15) is 0 Å². The predicted octanol–water partition coefficient (Wildman–Crippen LogP) is 3.33. The summed E-state index contributed by atoms with van der Waals surface area (Å²) in [7, 11) is 0. The average molecular weight is 413 g/mol. The lowest BCUT2D eigenvalue weighted by Gasteiger charge is -2.31. The van der Waals surface area contributed by atoms with Crippen molar-refractivity contribution in [2.24, 2.45) is 5.92 Å².